The molecule has 0 N–H and O–H groups in total. The average Bonchev–Trinajstić information content (AvgIpc) is 2.72. The summed E-state index contributed by atoms with van der Waals surface area (Å²) in [6.07, 6.45) is 3.03. The maximum Gasteiger partial charge on any atom is 0.159 e. The van der Waals surface area contributed by atoms with Crippen LogP contribution in [0.2, 0.25) is 5.15 Å². The zero-order valence-corrected chi connectivity index (χ0v) is 12.3. The van der Waals surface area contributed by atoms with E-state index in [-0.39, 0.29) is 11.5 Å². The highest BCUT2D eigenvalue weighted by Crippen LogP contribution is 2.36. The summed E-state index contributed by atoms with van der Waals surface area (Å²) in [5.74, 6) is 0.731. The van der Waals surface area contributed by atoms with E-state index in [1.165, 1.54) is 0 Å². The Bertz CT molecular complexity index is 440. The highest BCUT2D eigenvalue weighted by Gasteiger charge is 2.31. The number of nitrogens with zero attached hydrogens (tertiary/aromatic N) is 2. The van der Waals surface area contributed by atoms with Crippen LogP contribution >= 0.6 is 11.6 Å². The van der Waals surface area contributed by atoms with Crippen molar-refractivity contribution in [2.24, 2.45) is 5.41 Å². The second-order valence-electron chi connectivity index (χ2n) is 5.85. The quantitative estimate of drug-likeness (QED) is 0.784. The standard InChI is InChI=1S/C14H21ClN2O/c1-5-18-11(14(2,3)4)13-16-10-8-6-7-9(10)12(15)17-13/h11H,5-8H2,1-4H3. The van der Waals surface area contributed by atoms with E-state index in [0.29, 0.717) is 11.8 Å². The molecule has 0 spiro atoms. The zero-order chi connectivity index (χ0) is 13.3. The highest BCUT2D eigenvalue weighted by molar-refractivity contribution is 6.30. The Hall–Kier alpha value is -0.670. The SMILES string of the molecule is CCOC(c1nc(Cl)c2c(n1)CCC2)C(C)(C)C. The lowest BCUT2D eigenvalue weighted by Crippen LogP contribution is -2.24. The molecule has 0 saturated carbocycles. The molecule has 0 aromatic carbocycles. The van der Waals surface area contributed by atoms with Crippen molar-refractivity contribution in [2.45, 2.75) is 53.1 Å². The Kier molecular flexibility index (Phi) is 3.93. The molecule has 0 bridgehead atoms. The number of ether oxygens (including phenoxy) is 1. The van der Waals surface area contributed by atoms with E-state index in [2.05, 4.69) is 30.7 Å². The van der Waals surface area contributed by atoms with Gasteiger partial charge in [-0.2, -0.15) is 0 Å². The lowest BCUT2D eigenvalue weighted by Gasteiger charge is -2.29. The van der Waals surface area contributed by atoms with E-state index in [0.717, 1.165) is 36.3 Å². The van der Waals surface area contributed by atoms with Gasteiger partial charge in [0, 0.05) is 17.9 Å². The van der Waals surface area contributed by atoms with Crippen molar-refractivity contribution in [2.75, 3.05) is 6.61 Å². The molecule has 0 fully saturated rings. The summed E-state index contributed by atoms with van der Waals surface area (Å²) >= 11 is 6.26. The van der Waals surface area contributed by atoms with Crippen LogP contribution in [-0.2, 0) is 17.6 Å². The first-order chi connectivity index (χ1) is 8.43. The van der Waals surface area contributed by atoms with E-state index >= 15 is 0 Å². The Morgan fingerprint density at radius 3 is 2.61 bits per heavy atom. The molecule has 4 heteroatoms. The number of hydrogen-bond acceptors (Lipinski definition) is 3. The fraction of sp³-hybridized carbons (Fsp3) is 0.714. The van der Waals surface area contributed by atoms with Crippen LogP contribution in [0.5, 0.6) is 0 Å². The molecule has 1 aromatic rings. The van der Waals surface area contributed by atoms with Gasteiger partial charge in [-0.25, -0.2) is 9.97 Å². The lowest BCUT2D eigenvalue weighted by molar-refractivity contribution is -0.0192. The van der Waals surface area contributed by atoms with Gasteiger partial charge in [0.1, 0.15) is 11.3 Å². The van der Waals surface area contributed by atoms with E-state index in [1.54, 1.807) is 0 Å². The van der Waals surface area contributed by atoms with Gasteiger partial charge in [-0.3, -0.25) is 0 Å². The summed E-state index contributed by atoms with van der Waals surface area (Å²) in [6.45, 7) is 9.06. The average molecular weight is 269 g/mol. The van der Waals surface area contributed by atoms with Crippen molar-refractivity contribution in [1.82, 2.24) is 9.97 Å². The smallest absolute Gasteiger partial charge is 0.159 e. The molecular formula is C14H21ClN2O. The third kappa shape index (κ3) is 2.67. The second-order valence-corrected chi connectivity index (χ2v) is 6.21. The highest BCUT2D eigenvalue weighted by atomic mass is 35.5. The molecule has 0 amide bonds. The molecule has 1 aliphatic rings. The zero-order valence-electron chi connectivity index (χ0n) is 11.6. The molecule has 0 radical (unpaired) electrons. The largest absolute Gasteiger partial charge is 0.370 e. The number of hydrogen-bond donors (Lipinski definition) is 0. The molecule has 0 aliphatic heterocycles. The number of fused-ring (bicyclic) bond motifs is 1. The number of halogens is 1. The first kappa shape index (κ1) is 13.8. The molecule has 2 rings (SSSR count). The maximum atomic E-state index is 6.26. The molecule has 1 unspecified atom stereocenters. The van der Waals surface area contributed by atoms with Gasteiger partial charge in [0.2, 0.25) is 0 Å². The summed E-state index contributed by atoms with van der Waals surface area (Å²) in [5, 5.41) is 0.612. The van der Waals surface area contributed by atoms with Crippen LogP contribution in [0.15, 0.2) is 0 Å². The van der Waals surface area contributed by atoms with Crippen LogP contribution in [0.4, 0.5) is 0 Å². The van der Waals surface area contributed by atoms with Crippen LogP contribution in [0, 0.1) is 5.41 Å². The molecule has 3 nitrogen and oxygen atoms in total. The van der Waals surface area contributed by atoms with Crippen LogP contribution in [0.3, 0.4) is 0 Å². The first-order valence-corrected chi connectivity index (χ1v) is 6.98. The van der Waals surface area contributed by atoms with Crippen LogP contribution < -0.4 is 0 Å². The molecule has 1 aromatic heterocycles. The Morgan fingerprint density at radius 2 is 2.00 bits per heavy atom. The summed E-state index contributed by atoms with van der Waals surface area (Å²) in [6, 6.07) is 0. The maximum absolute atomic E-state index is 6.26. The predicted molar refractivity (Wildman–Crippen MR) is 72.9 cm³/mol. The molecule has 100 valence electrons. The first-order valence-electron chi connectivity index (χ1n) is 6.60. The Balaban J connectivity index is 2.40. The summed E-state index contributed by atoms with van der Waals surface area (Å²) in [4.78, 5) is 9.14. The van der Waals surface area contributed by atoms with Crippen molar-refractivity contribution < 1.29 is 4.74 Å². The molecule has 1 atom stereocenters. The molecule has 0 saturated heterocycles. The molecule has 1 heterocycles. The van der Waals surface area contributed by atoms with E-state index in [1.807, 2.05) is 6.92 Å². The minimum absolute atomic E-state index is 0.0355. The molecular weight excluding hydrogens is 248 g/mol. The van der Waals surface area contributed by atoms with E-state index < -0.39 is 0 Å². The topological polar surface area (TPSA) is 35.0 Å². The summed E-state index contributed by atoms with van der Waals surface area (Å²) in [5.41, 5.74) is 2.20. The molecule has 18 heavy (non-hydrogen) atoms. The Morgan fingerprint density at radius 1 is 1.28 bits per heavy atom. The van der Waals surface area contributed by atoms with Gasteiger partial charge in [-0.15, -0.1) is 0 Å². The Labute approximate surface area is 114 Å². The predicted octanol–water partition coefficient (Wildman–Crippen LogP) is 3.74. The van der Waals surface area contributed by atoms with Gasteiger partial charge in [0.25, 0.3) is 0 Å². The normalized spacial score (nSPS) is 16.7. The van der Waals surface area contributed by atoms with Gasteiger partial charge in [0.05, 0.1) is 0 Å². The van der Waals surface area contributed by atoms with Crippen LogP contribution in [0.25, 0.3) is 0 Å². The van der Waals surface area contributed by atoms with Gasteiger partial charge in [-0.05, 0) is 31.6 Å². The van der Waals surface area contributed by atoms with Crippen LogP contribution in [0.1, 0.15) is 57.3 Å². The van der Waals surface area contributed by atoms with E-state index in [4.69, 9.17) is 16.3 Å². The number of rotatable bonds is 3. The van der Waals surface area contributed by atoms with Gasteiger partial charge in [0.15, 0.2) is 5.82 Å². The van der Waals surface area contributed by atoms with Crippen molar-refractivity contribution >= 4 is 11.6 Å². The minimum Gasteiger partial charge on any atom is -0.370 e. The van der Waals surface area contributed by atoms with E-state index in [9.17, 15) is 0 Å². The summed E-state index contributed by atoms with van der Waals surface area (Å²) < 4.78 is 5.82. The monoisotopic (exact) mass is 268 g/mol. The van der Waals surface area contributed by atoms with Gasteiger partial charge < -0.3 is 4.74 Å². The van der Waals surface area contributed by atoms with Crippen molar-refractivity contribution in [3.8, 4) is 0 Å². The van der Waals surface area contributed by atoms with Crippen molar-refractivity contribution in [1.29, 1.82) is 0 Å². The fourth-order valence-electron chi connectivity index (χ4n) is 2.40. The fourth-order valence-corrected chi connectivity index (χ4v) is 2.69. The lowest BCUT2D eigenvalue weighted by atomic mass is 9.88. The summed E-state index contributed by atoms with van der Waals surface area (Å²) in [7, 11) is 0. The number of aryl methyl sites for hydroxylation is 1. The minimum atomic E-state index is -0.106. The number of aromatic nitrogens is 2. The van der Waals surface area contributed by atoms with Crippen molar-refractivity contribution in [3.63, 3.8) is 0 Å². The third-order valence-electron chi connectivity index (χ3n) is 3.25. The van der Waals surface area contributed by atoms with Crippen LogP contribution in [-0.4, -0.2) is 16.6 Å². The van der Waals surface area contributed by atoms with Crippen molar-refractivity contribution in [3.05, 3.63) is 22.2 Å². The third-order valence-corrected chi connectivity index (χ3v) is 3.57. The van der Waals surface area contributed by atoms with Gasteiger partial charge in [-0.1, -0.05) is 32.4 Å². The second kappa shape index (κ2) is 5.14. The van der Waals surface area contributed by atoms with Gasteiger partial charge >= 0.3 is 0 Å². The molecule has 1 aliphatic carbocycles.